The minimum atomic E-state index is -0.214. The number of fused-ring (bicyclic) bond motifs is 6. The predicted molar refractivity (Wildman–Crippen MR) is 208 cm³/mol. The second kappa shape index (κ2) is 6.85. The highest BCUT2D eigenvalue weighted by Crippen LogP contribution is 2.87. The van der Waals surface area contributed by atoms with E-state index >= 15 is 0 Å². The van der Waals surface area contributed by atoms with E-state index < -0.39 is 0 Å². The van der Waals surface area contributed by atoms with Gasteiger partial charge in [0, 0.05) is 74.7 Å². The Balaban J connectivity index is 1.18. The van der Waals surface area contributed by atoms with Crippen molar-refractivity contribution in [3.8, 4) is 0 Å². The SMILES string of the molecule is COC(=O)CCCC1(c2cccs2)C2=C3C4=C=CC5c6ccc7c8ccc9c%10c%11c%12c%13c%14c%15c(c6c7c(c%12%15)c%108)C5C4C=%14C3C13C(=C2)C1C=C=C9C%11C1C=%133. The van der Waals surface area contributed by atoms with Crippen LogP contribution in [0, 0.1) is 29.1 Å². The molecule has 18 rings (SSSR count). The van der Waals surface area contributed by atoms with Gasteiger partial charge in [-0.25, -0.2) is 0 Å². The van der Waals surface area contributed by atoms with E-state index in [1.165, 1.54) is 32.4 Å². The van der Waals surface area contributed by atoms with E-state index in [9.17, 15) is 4.79 Å². The lowest BCUT2D eigenvalue weighted by atomic mass is 9.51. The van der Waals surface area contributed by atoms with Gasteiger partial charge in [0.1, 0.15) is 0 Å². The molecule has 1 spiro atoms. The number of rotatable bonds is 5. The molecule has 0 amide bonds. The van der Waals surface area contributed by atoms with Crippen molar-refractivity contribution in [2.45, 2.75) is 42.4 Å². The summed E-state index contributed by atoms with van der Waals surface area (Å²) in [6.45, 7) is 0. The molecule has 0 saturated heterocycles. The van der Waals surface area contributed by atoms with Gasteiger partial charge < -0.3 is 4.74 Å². The third kappa shape index (κ3) is 1.85. The first-order valence-electron chi connectivity index (χ1n) is 19.8. The van der Waals surface area contributed by atoms with Gasteiger partial charge in [0.25, 0.3) is 0 Å². The van der Waals surface area contributed by atoms with Crippen LogP contribution >= 0.6 is 11.3 Å². The van der Waals surface area contributed by atoms with E-state index in [4.69, 9.17) is 4.74 Å². The minimum absolute atomic E-state index is 0.0931. The molecule has 0 radical (unpaired) electrons. The van der Waals surface area contributed by atoms with Gasteiger partial charge in [0.05, 0.1) is 7.11 Å². The van der Waals surface area contributed by atoms with Crippen molar-refractivity contribution in [2.24, 2.45) is 29.1 Å². The lowest BCUT2D eigenvalue weighted by Gasteiger charge is -2.51. The van der Waals surface area contributed by atoms with Crippen molar-refractivity contribution in [3.05, 3.63) is 131 Å². The molecule has 53 heavy (non-hydrogen) atoms. The molecule has 2 bridgehead atoms. The van der Waals surface area contributed by atoms with Crippen LogP contribution in [0.4, 0.5) is 0 Å². The average molecular weight is 691 g/mol. The minimum Gasteiger partial charge on any atom is -0.469 e. The molecule has 6 aromatic carbocycles. The van der Waals surface area contributed by atoms with Gasteiger partial charge in [-0.05, 0) is 151 Å². The number of hydrogen-bond donors (Lipinski definition) is 0. The van der Waals surface area contributed by atoms with Crippen LogP contribution in [0.15, 0.2) is 93.8 Å². The molecule has 244 valence electrons. The molecule has 0 N–H and O–H groups in total. The Bertz CT molecular complexity index is 3610. The second-order valence-corrected chi connectivity index (χ2v) is 19.2. The first-order valence-corrected chi connectivity index (χ1v) is 20.7. The summed E-state index contributed by atoms with van der Waals surface area (Å²) in [5, 5.41) is 21.3. The first kappa shape index (κ1) is 25.0. The Labute approximate surface area is 306 Å². The number of hydrogen-bond acceptors (Lipinski definition) is 3. The van der Waals surface area contributed by atoms with Crippen LogP contribution < -0.4 is 10.4 Å². The van der Waals surface area contributed by atoms with Crippen LogP contribution in [0.2, 0.25) is 0 Å². The number of carbonyl (C=O) groups excluding carboxylic acids is 1. The van der Waals surface area contributed by atoms with Crippen molar-refractivity contribution in [1.29, 1.82) is 0 Å². The normalized spacial score (nSPS) is 35.7. The van der Waals surface area contributed by atoms with Crippen LogP contribution in [0.25, 0.3) is 70.6 Å². The summed E-state index contributed by atoms with van der Waals surface area (Å²) in [5.41, 5.74) is 25.6. The Morgan fingerprint density at radius 3 is 2.55 bits per heavy atom. The topological polar surface area (TPSA) is 26.3 Å². The quantitative estimate of drug-likeness (QED) is 0.102. The monoisotopic (exact) mass is 690 g/mol. The van der Waals surface area contributed by atoms with E-state index in [1.807, 2.05) is 11.3 Å². The molecular formula is C50H26O2S. The molecule has 0 aliphatic heterocycles. The van der Waals surface area contributed by atoms with Crippen molar-refractivity contribution >= 4 is 87.9 Å². The lowest BCUT2D eigenvalue weighted by Crippen LogP contribution is -2.53. The van der Waals surface area contributed by atoms with Crippen molar-refractivity contribution in [2.75, 3.05) is 7.11 Å². The van der Waals surface area contributed by atoms with Gasteiger partial charge >= 0.3 is 5.97 Å². The number of thiophene rings is 1. The number of benzene rings is 4. The Kier molecular flexibility index (Phi) is 3.23. The van der Waals surface area contributed by atoms with Crippen LogP contribution in [0.1, 0.15) is 64.1 Å². The molecule has 11 aliphatic rings. The van der Waals surface area contributed by atoms with Gasteiger partial charge in [-0.1, -0.05) is 36.4 Å². The number of ether oxygens (including phenoxy) is 1. The van der Waals surface area contributed by atoms with Crippen molar-refractivity contribution < 1.29 is 9.53 Å². The predicted octanol–water partition coefficient (Wildman–Crippen LogP) is 9.10. The maximum atomic E-state index is 12.8. The van der Waals surface area contributed by atoms with E-state index in [0.717, 1.165) is 12.8 Å². The molecule has 2 fully saturated rings. The summed E-state index contributed by atoms with van der Waals surface area (Å²) in [6, 6.07) is 14.7. The van der Waals surface area contributed by atoms with Gasteiger partial charge in [0.15, 0.2) is 0 Å². The smallest absolute Gasteiger partial charge is 0.305 e. The maximum absolute atomic E-state index is 12.8. The lowest BCUT2D eigenvalue weighted by molar-refractivity contribution is -0.140. The highest BCUT2D eigenvalue weighted by molar-refractivity contribution is 7.10. The van der Waals surface area contributed by atoms with Gasteiger partial charge in [-0.2, -0.15) is 0 Å². The number of carbonyl (C=O) groups is 1. The van der Waals surface area contributed by atoms with Crippen LogP contribution in [0.3, 0.4) is 0 Å². The molecule has 9 atom stereocenters. The molecule has 7 aromatic rings. The van der Waals surface area contributed by atoms with Gasteiger partial charge in [-0.3, -0.25) is 4.79 Å². The second-order valence-electron chi connectivity index (χ2n) is 18.3. The summed E-state index contributed by atoms with van der Waals surface area (Å²) < 4.78 is 5.27. The Hall–Kier alpha value is -5.17. The molecule has 3 heteroatoms. The first-order chi connectivity index (χ1) is 26.2. The highest BCUT2D eigenvalue weighted by atomic mass is 32.1. The molecule has 1 heterocycles. The number of esters is 1. The summed E-state index contributed by atoms with van der Waals surface area (Å²) in [5.74, 6) is 2.56. The van der Waals surface area contributed by atoms with E-state index in [-0.39, 0.29) is 16.8 Å². The summed E-state index contributed by atoms with van der Waals surface area (Å²) in [6.07, 6.45) is 10.0. The Morgan fingerprint density at radius 2 is 1.66 bits per heavy atom. The molecule has 11 aliphatic carbocycles. The summed E-state index contributed by atoms with van der Waals surface area (Å²) in [7, 11) is 1.54. The molecule has 9 unspecified atom stereocenters. The number of allylic oxidation sites excluding steroid dienone is 6. The Morgan fingerprint density at radius 1 is 0.830 bits per heavy atom. The fourth-order valence-corrected chi connectivity index (χ4v) is 18.0. The fraction of sp³-hybridized carbons (Fsp3) is 0.260. The third-order valence-electron chi connectivity index (χ3n) is 17.7. The summed E-state index contributed by atoms with van der Waals surface area (Å²) in [4.78, 5) is 14.3. The molecule has 2 nitrogen and oxygen atoms in total. The molecule has 1 aromatic heterocycles. The third-order valence-corrected chi connectivity index (χ3v) is 18.7. The van der Waals surface area contributed by atoms with Crippen molar-refractivity contribution in [3.63, 3.8) is 0 Å². The standard InChI is InChI=1S/C50H26O2S/c1-52-28(51)5-2-14-49(27-4-3-15-53-27)26-16-25-23-12-10-22-20-9-8-18-17-6-7-19-21-11-13-24-29(26)47-45-36(24)34(21)39-31(19)30(17)38-32(18)33(20)40-35(22)37(23)48(50(25,47)49)46-43(40)41(38)42(39)44(45)46/h3-4,6-9,11-12,15-16,21,23,34-37,47H,2,5,14H2,1H3. The summed E-state index contributed by atoms with van der Waals surface area (Å²) >= 11 is 1.95. The highest BCUT2D eigenvalue weighted by Gasteiger charge is 2.80. The number of methoxy groups -OCH3 is 1. The zero-order valence-corrected chi connectivity index (χ0v) is 29.5. The molecular weight excluding hydrogens is 665 g/mol. The van der Waals surface area contributed by atoms with Gasteiger partial charge in [-0.15, -0.1) is 22.8 Å². The van der Waals surface area contributed by atoms with Gasteiger partial charge in [0.2, 0.25) is 0 Å². The van der Waals surface area contributed by atoms with E-state index in [1.54, 1.807) is 105 Å². The molecule has 2 saturated carbocycles. The maximum Gasteiger partial charge on any atom is 0.305 e. The van der Waals surface area contributed by atoms with Crippen molar-refractivity contribution in [1.82, 2.24) is 0 Å². The zero-order valence-electron chi connectivity index (χ0n) is 28.7. The fourth-order valence-electron chi connectivity index (χ4n) is 17.0. The van der Waals surface area contributed by atoms with Crippen LogP contribution in [-0.2, 0) is 14.9 Å². The van der Waals surface area contributed by atoms with E-state index in [0.29, 0.717) is 47.8 Å². The van der Waals surface area contributed by atoms with Crippen LogP contribution in [-0.4, -0.2) is 13.1 Å². The van der Waals surface area contributed by atoms with Crippen LogP contribution in [0.5, 0.6) is 0 Å². The largest absolute Gasteiger partial charge is 0.469 e. The van der Waals surface area contributed by atoms with E-state index in [2.05, 4.69) is 71.5 Å². The zero-order chi connectivity index (χ0) is 33.5. The average Bonchev–Trinajstić information content (AvgIpc) is 4.05.